The predicted molar refractivity (Wildman–Crippen MR) is 79.2 cm³/mol. The Morgan fingerprint density at radius 3 is 2.53 bits per heavy atom. The minimum atomic E-state index is 0.145. The smallest absolute Gasteiger partial charge is 0.232 e. The highest BCUT2D eigenvalue weighted by Gasteiger charge is 2.25. The number of amides is 1. The van der Waals surface area contributed by atoms with E-state index < -0.39 is 0 Å². The third-order valence-corrected chi connectivity index (χ3v) is 4.10. The van der Waals surface area contributed by atoms with Gasteiger partial charge in [0, 0.05) is 18.8 Å². The van der Waals surface area contributed by atoms with Gasteiger partial charge in [-0.2, -0.15) is 0 Å². The van der Waals surface area contributed by atoms with Gasteiger partial charge >= 0.3 is 0 Å². The van der Waals surface area contributed by atoms with Crippen molar-refractivity contribution in [3.05, 3.63) is 35.9 Å². The Hall–Kier alpha value is -1.00. The highest BCUT2D eigenvalue weighted by atomic mass is 32.2. The Morgan fingerprint density at radius 2 is 1.89 bits per heavy atom. The molecule has 1 aliphatic heterocycles. The maximum absolute atomic E-state index is 12.1. The molecule has 2 atom stereocenters. The van der Waals surface area contributed by atoms with E-state index in [4.69, 9.17) is 4.74 Å². The third kappa shape index (κ3) is 4.55. The minimum absolute atomic E-state index is 0.145. The first-order valence-corrected chi connectivity index (χ1v) is 7.85. The number of hydrogen-bond donors (Lipinski definition) is 0. The summed E-state index contributed by atoms with van der Waals surface area (Å²) in [5.74, 6) is 1.67. The summed E-state index contributed by atoms with van der Waals surface area (Å²) in [6, 6.07) is 10.3. The molecule has 2 rings (SSSR count). The van der Waals surface area contributed by atoms with E-state index in [9.17, 15) is 4.79 Å². The summed E-state index contributed by atoms with van der Waals surface area (Å²) in [6.07, 6.45) is 0.290. The molecule has 1 aromatic carbocycles. The first kappa shape index (κ1) is 14.4. The summed E-state index contributed by atoms with van der Waals surface area (Å²) in [5.41, 5.74) is 1.27. The molecule has 1 heterocycles. The molecule has 104 valence electrons. The van der Waals surface area contributed by atoms with E-state index in [0.717, 1.165) is 18.8 Å². The van der Waals surface area contributed by atoms with E-state index >= 15 is 0 Å². The van der Waals surface area contributed by atoms with Crippen molar-refractivity contribution in [2.24, 2.45) is 0 Å². The Labute approximate surface area is 119 Å². The van der Waals surface area contributed by atoms with E-state index in [1.54, 1.807) is 11.8 Å². The molecule has 1 saturated heterocycles. The standard InChI is InChI=1S/C15H21NO2S/c1-12-8-16(9-13(2)18-12)15(17)11-19-10-14-6-4-3-5-7-14/h3-7,12-13H,8-11H2,1-2H3. The van der Waals surface area contributed by atoms with Crippen LogP contribution in [0.2, 0.25) is 0 Å². The van der Waals surface area contributed by atoms with Gasteiger partial charge in [0.2, 0.25) is 5.91 Å². The number of nitrogens with zero attached hydrogens (tertiary/aromatic N) is 1. The van der Waals surface area contributed by atoms with Gasteiger partial charge in [-0.25, -0.2) is 0 Å². The van der Waals surface area contributed by atoms with Crippen molar-refractivity contribution in [1.29, 1.82) is 0 Å². The summed E-state index contributed by atoms with van der Waals surface area (Å²) in [6.45, 7) is 5.48. The first-order valence-electron chi connectivity index (χ1n) is 6.70. The molecule has 0 N–H and O–H groups in total. The SMILES string of the molecule is CC1CN(C(=O)CSCc2ccccc2)CC(C)O1. The maximum atomic E-state index is 12.1. The molecule has 1 amide bonds. The van der Waals surface area contributed by atoms with Crippen LogP contribution in [-0.4, -0.2) is 41.9 Å². The number of thioether (sulfide) groups is 1. The maximum Gasteiger partial charge on any atom is 0.232 e. The molecule has 0 radical (unpaired) electrons. The number of carbonyl (C=O) groups excluding carboxylic acids is 1. The van der Waals surface area contributed by atoms with E-state index in [1.807, 2.05) is 36.9 Å². The third-order valence-electron chi connectivity index (χ3n) is 3.11. The minimum Gasteiger partial charge on any atom is -0.372 e. The van der Waals surface area contributed by atoms with Gasteiger partial charge in [0.25, 0.3) is 0 Å². The van der Waals surface area contributed by atoms with Crippen LogP contribution in [-0.2, 0) is 15.3 Å². The van der Waals surface area contributed by atoms with E-state index in [-0.39, 0.29) is 18.1 Å². The molecule has 0 aromatic heterocycles. The number of benzene rings is 1. The monoisotopic (exact) mass is 279 g/mol. The molecule has 1 aromatic rings. The van der Waals surface area contributed by atoms with Crippen LogP contribution in [0.1, 0.15) is 19.4 Å². The van der Waals surface area contributed by atoms with Crippen molar-refractivity contribution in [2.75, 3.05) is 18.8 Å². The summed E-state index contributed by atoms with van der Waals surface area (Å²) in [4.78, 5) is 14.1. The van der Waals surface area contributed by atoms with E-state index in [1.165, 1.54) is 5.56 Å². The molecular weight excluding hydrogens is 258 g/mol. The number of ether oxygens (including phenoxy) is 1. The number of hydrogen-bond acceptors (Lipinski definition) is 3. The second-order valence-electron chi connectivity index (χ2n) is 5.03. The fourth-order valence-electron chi connectivity index (χ4n) is 2.30. The van der Waals surface area contributed by atoms with Gasteiger partial charge in [-0.3, -0.25) is 4.79 Å². The summed E-state index contributed by atoms with van der Waals surface area (Å²) in [7, 11) is 0. The van der Waals surface area contributed by atoms with Gasteiger partial charge in [-0.05, 0) is 19.4 Å². The van der Waals surface area contributed by atoms with Crippen molar-refractivity contribution >= 4 is 17.7 Å². The lowest BCUT2D eigenvalue weighted by Crippen LogP contribution is -2.48. The van der Waals surface area contributed by atoms with E-state index in [0.29, 0.717) is 5.75 Å². The summed E-state index contributed by atoms with van der Waals surface area (Å²) < 4.78 is 5.64. The van der Waals surface area contributed by atoms with Gasteiger partial charge in [0.05, 0.1) is 18.0 Å². The molecule has 1 aliphatic rings. The first-order chi connectivity index (χ1) is 9.15. The molecular formula is C15H21NO2S. The quantitative estimate of drug-likeness (QED) is 0.848. The fraction of sp³-hybridized carbons (Fsp3) is 0.533. The van der Waals surface area contributed by atoms with E-state index in [2.05, 4.69) is 12.1 Å². The van der Waals surface area contributed by atoms with Gasteiger partial charge in [0.15, 0.2) is 0 Å². The highest BCUT2D eigenvalue weighted by molar-refractivity contribution is 7.99. The molecule has 2 unspecified atom stereocenters. The van der Waals surface area contributed by atoms with Crippen molar-refractivity contribution in [1.82, 2.24) is 4.90 Å². The van der Waals surface area contributed by atoms with Crippen LogP contribution < -0.4 is 0 Å². The zero-order valence-corrected chi connectivity index (χ0v) is 12.4. The fourth-order valence-corrected chi connectivity index (χ4v) is 3.19. The Kier molecular flexibility index (Phi) is 5.28. The molecule has 4 heteroatoms. The second kappa shape index (κ2) is 6.96. The topological polar surface area (TPSA) is 29.5 Å². The molecule has 3 nitrogen and oxygen atoms in total. The number of carbonyl (C=O) groups is 1. The molecule has 0 saturated carbocycles. The normalized spacial score (nSPS) is 23.4. The van der Waals surface area contributed by atoms with Gasteiger partial charge in [0.1, 0.15) is 0 Å². The van der Waals surface area contributed by atoms with Gasteiger partial charge < -0.3 is 9.64 Å². The summed E-state index contributed by atoms with van der Waals surface area (Å²) >= 11 is 1.68. The zero-order valence-electron chi connectivity index (χ0n) is 11.5. The summed E-state index contributed by atoms with van der Waals surface area (Å²) in [5, 5.41) is 0. The van der Waals surface area contributed by atoms with Crippen LogP contribution in [0.4, 0.5) is 0 Å². The zero-order chi connectivity index (χ0) is 13.7. The van der Waals surface area contributed by atoms with Crippen molar-refractivity contribution in [3.8, 4) is 0 Å². The number of rotatable bonds is 4. The van der Waals surface area contributed by atoms with Crippen LogP contribution in [0.3, 0.4) is 0 Å². The van der Waals surface area contributed by atoms with Crippen LogP contribution >= 0.6 is 11.8 Å². The average Bonchev–Trinajstić information content (AvgIpc) is 2.38. The molecule has 0 aliphatic carbocycles. The lowest BCUT2D eigenvalue weighted by molar-refractivity contribution is -0.140. The van der Waals surface area contributed by atoms with Crippen molar-refractivity contribution < 1.29 is 9.53 Å². The second-order valence-corrected chi connectivity index (χ2v) is 6.02. The highest BCUT2D eigenvalue weighted by Crippen LogP contribution is 2.15. The van der Waals surface area contributed by atoms with Crippen LogP contribution in [0, 0.1) is 0 Å². The van der Waals surface area contributed by atoms with Crippen molar-refractivity contribution in [2.45, 2.75) is 31.8 Å². The molecule has 1 fully saturated rings. The average molecular weight is 279 g/mol. The largest absolute Gasteiger partial charge is 0.372 e. The number of morpholine rings is 1. The Morgan fingerprint density at radius 1 is 1.26 bits per heavy atom. The van der Waals surface area contributed by atoms with Gasteiger partial charge in [-0.15, -0.1) is 11.8 Å². The lowest BCUT2D eigenvalue weighted by atomic mass is 10.2. The molecule has 19 heavy (non-hydrogen) atoms. The Bertz CT molecular complexity index is 400. The Balaban J connectivity index is 1.75. The van der Waals surface area contributed by atoms with Crippen LogP contribution in [0.25, 0.3) is 0 Å². The molecule has 0 spiro atoms. The lowest BCUT2D eigenvalue weighted by Gasteiger charge is -2.35. The van der Waals surface area contributed by atoms with Crippen LogP contribution in [0.15, 0.2) is 30.3 Å². The molecule has 0 bridgehead atoms. The predicted octanol–water partition coefficient (Wildman–Crippen LogP) is 2.56. The van der Waals surface area contributed by atoms with Gasteiger partial charge in [-0.1, -0.05) is 30.3 Å². The van der Waals surface area contributed by atoms with Crippen LogP contribution in [0.5, 0.6) is 0 Å². The van der Waals surface area contributed by atoms with Crippen molar-refractivity contribution in [3.63, 3.8) is 0 Å².